The lowest BCUT2D eigenvalue weighted by Crippen LogP contribution is -2.01. The first-order valence-corrected chi connectivity index (χ1v) is 15.8. The van der Waals surface area contributed by atoms with Gasteiger partial charge < -0.3 is 9.13 Å². The van der Waals surface area contributed by atoms with Crippen LogP contribution in [0.4, 0.5) is 0 Å². The molecule has 7 nitrogen and oxygen atoms in total. The molecular weight excluding hydrogens is 591 g/mol. The van der Waals surface area contributed by atoms with Crippen molar-refractivity contribution >= 4 is 54.5 Å². The number of fused-ring (bicyclic) bond motifs is 10. The molecule has 224 valence electrons. The molecule has 0 N–H and O–H groups in total. The second kappa shape index (κ2) is 10.4. The van der Waals surface area contributed by atoms with Crippen molar-refractivity contribution < 1.29 is 0 Å². The summed E-state index contributed by atoms with van der Waals surface area (Å²) in [6.07, 6.45) is 7.22. The van der Waals surface area contributed by atoms with E-state index in [0.717, 1.165) is 88.7 Å². The van der Waals surface area contributed by atoms with E-state index in [1.165, 1.54) is 0 Å². The summed E-state index contributed by atoms with van der Waals surface area (Å²) in [5.41, 5.74) is 10.4. The summed E-state index contributed by atoms with van der Waals surface area (Å²) in [4.78, 5) is 24.0. The van der Waals surface area contributed by atoms with Crippen molar-refractivity contribution in [3.8, 4) is 34.2 Å². The smallest absolute Gasteiger partial charge is 0.116 e. The van der Waals surface area contributed by atoms with E-state index in [1.54, 1.807) is 18.7 Å². The van der Waals surface area contributed by atoms with E-state index in [1.807, 2.05) is 42.6 Å². The highest BCUT2D eigenvalue weighted by Crippen LogP contribution is 2.46. The third-order valence-electron chi connectivity index (χ3n) is 9.13. The van der Waals surface area contributed by atoms with Gasteiger partial charge in [0.15, 0.2) is 0 Å². The number of hydrogen-bond acceptors (Lipinski definition) is 5. The van der Waals surface area contributed by atoms with Crippen molar-refractivity contribution in [2.45, 2.75) is 0 Å². The summed E-state index contributed by atoms with van der Waals surface area (Å²) in [6, 6.07) is 43.8. The summed E-state index contributed by atoms with van der Waals surface area (Å²) in [7, 11) is 0. The van der Waals surface area contributed by atoms with E-state index in [0.29, 0.717) is 0 Å². The van der Waals surface area contributed by atoms with Crippen molar-refractivity contribution in [3.63, 3.8) is 0 Å². The molecule has 0 aliphatic carbocycles. The standard InChI is InChI=1S/C41H25N7/c1-2-12-26(13-3-1)47-35-18-6-4-14-28(35)37-30-24-42-25-45-39(30)38-29-15-5-7-19-36(29)48(41(38)40(37)47)27-22-33(31-16-8-10-20-43-31)46-34(23-27)32-17-9-11-21-44-32/h1-25H. The second-order valence-electron chi connectivity index (χ2n) is 11.8. The molecule has 6 aromatic heterocycles. The van der Waals surface area contributed by atoms with Crippen molar-refractivity contribution in [2.24, 2.45) is 0 Å². The summed E-state index contributed by atoms with van der Waals surface area (Å²) >= 11 is 0. The van der Waals surface area contributed by atoms with Crippen LogP contribution in [0.15, 0.2) is 152 Å². The molecule has 48 heavy (non-hydrogen) atoms. The molecule has 4 aromatic carbocycles. The van der Waals surface area contributed by atoms with Gasteiger partial charge in [-0.25, -0.2) is 15.0 Å². The predicted molar refractivity (Wildman–Crippen MR) is 192 cm³/mol. The van der Waals surface area contributed by atoms with Gasteiger partial charge in [0.25, 0.3) is 0 Å². The lowest BCUT2D eigenvalue weighted by molar-refractivity contribution is 1.13. The number of para-hydroxylation sites is 3. The van der Waals surface area contributed by atoms with Crippen LogP contribution in [-0.2, 0) is 0 Å². The molecule has 0 radical (unpaired) electrons. The minimum absolute atomic E-state index is 0.766. The normalized spacial score (nSPS) is 11.8. The molecule has 10 aromatic rings. The maximum absolute atomic E-state index is 5.09. The van der Waals surface area contributed by atoms with Gasteiger partial charge in [-0.15, -0.1) is 0 Å². The molecule has 0 amide bonds. The average molecular weight is 616 g/mol. The molecule has 0 unspecified atom stereocenters. The zero-order chi connectivity index (χ0) is 31.6. The Hall–Kier alpha value is -6.73. The summed E-state index contributed by atoms with van der Waals surface area (Å²) < 4.78 is 4.75. The lowest BCUT2D eigenvalue weighted by Gasteiger charge is -2.15. The van der Waals surface area contributed by atoms with Gasteiger partial charge in [0.1, 0.15) is 6.33 Å². The van der Waals surface area contributed by atoms with E-state index in [9.17, 15) is 0 Å². The first-order chi connectivity index (χ1) is 23.8. The van der Waals surface area contributed by atoms with Crippen LogP contribution >= 0.6 is 0 Å². The Bertz CT molecular complexity index is 2760. The summed E-state index contributed by atoms with van der Waals surface area (Å²) in [5.74, 6) is 0. The van der Waals surface area contributed by atoms with Crippen LogP contribution in [0.2, 0.25) is 0 Å². The zero-order valence-electron chi connectivity index (χ0n) is 25.6. The van der Waals surface area contributed by atoms with E-state index < -0.39 is 0 Å². The molecule has 0 bridgehead atoms. The fraction of sp³-hybridized carbons (Fsp3) is 0. The zero-order valence-corrected chi connectivity index (χ0v) is 25.6. The number of aromatic nitrogens is 7. The van der Waals surface area contributed by atoms with E-state index >= 15 is 0 Å². The van der Waals surface area contributed by atoms with Gasteiger partial charge in [-0.1, -0.05) is 66.7 Å². The Kier molecular flexibility index (Phi) is 5.74. The first-order valence-electron chi connectivity index (χ1n) is 15.8. The van der Waals surface area contributed by atoms with Crippen LogP contribution in [-0.4, -0.2) is 34.1 Å². The molecule has 7 heteroatoms. The second-order valence-corrected chi connectivity index (χ2v) is 11.8. The molecule has 6 heterocycles. The molecular formula is C41H25N7. The monoisotopic (exact) mass is 615 g/mol. The maximum Gasteiger partial charge on any atom is 0.116 e. The van der Waals surface area contributed by atoms with Crippen molar-refractivity contribution in [1.82, 2.24) is 34.1 Å². The van der Waals surface area contributed by atoms with Gasteiger partial charge in [0.05, 0.1) is 56.0 Å². The van der Waals surface area contributed by atoms with Gasteiger partial charge >= 0.3 is 0 Å². The minimum Gasteiger partial charge on any atom is -0.307 e. The SMILES string of the molecule is c1ccc(-n2c3ccccc3c3c4cncnc4c4c5ccccc5n(-c5cc(-c6ccccn6)nc(-c6ccccn6)c5)c4c32)cc1. The van der Waals surface area contributed by atoms with Gasteiger partial charge in [-0.05, 0) is 60.7 Å². The maximum atomic E-state index is 5.09. The molecule has 10 rings (SSSR count). The van der Waals surface area contributed by atoms with Crippen LogP contribution in [0.25, 0.3) is 88.7 Å². The van der Waals surface area contributed by atoms with E-state index in [-0.39, 0.29) is 0 Å². The molecule has 0 aliphatic heterocycles. The van der Waals surface area contributed by atoms with Crippen molar-refractivity contribution in [1.29, 1.82) is 0 Å². The number of nitrogens with zero attached hydrogens (tertiary/aromatic N) is 7. The first kappa shape index (κ1) is 26.5. The Morgan fingerprint density at radius 1 is 0.438 bits per heavy atom. The molecule has 0 fully saturated rings. The van der Waals surface area contributed by atoms with E-state index in [4.69, 9.17) is 19.9 Å². The fourth-order valence-corrected chi connectivity index (χ4v) is 7.20. The molecule has 0 saturated carbocycles. The van der Waals surface area contributed by atoms with Gasteiger partial charge in [0.2, 0.25) is 0 Å². The molecule has 0 atom stereocenters. The molecule has 0 spiro atoms. The highest BCUT2D eigenvalue weighted by atomic mass is 15.1. The van der Waals surface area contributed by atoms with Crippen molar-refractivity contribution in [3.05, 3.63) is 152 Å². The van der Waals surface area contributed by atoms with Crippen LogP contribution in [0.3, 0.4) is 0 Å². The average Bonchev–Trinajstić information content (AvgIpc) is 3.70. The van der Waals surface area contributed by atoms with Gasteiger partial charge in [0, 0.05) is 51.2 Å². The highest BCUT2D eigenvalue weighted by molar-refractivity contribution is 6.35. The fourth-order valence-electron chi connectivity index (χ4n) is 7.20. The lowest BCUT2D eigenvalue weighted by atomic mass is 10.0. The topological polar surface area (TPSA) is 74.3 Å². The number of rotatable bonds is 4. The Balaban J connectivity index is 1.47. The number of hydrogen-bond donors (Lipinski definition) is 0. The van der Waals surface area contributed by atoms with Gasteiger partial charge in [-0.3, -0.25) is 9.97 Å². The molecule has 0 aliphatic rings. The quantitative estimate of drug-likeness (QED) is 0.197. The Labute approximate surface area is 274 Å². The van der Waals surface area contributed by atoms with Crippen LogP contribution in [0, 0.1) is 0 Å². The number of benzene rings is 4. The summed E-state index contributed by atoms with van der Waals surface area (Å²) in [6.45, 7) is 0. The minimum atomic E-state index is 0.766. The van der Waals surface area contributed by atoms with Crippen LogP contribution in [0.1, 0.15) is 0 Å². The molecule has 0 saturated heterocycles. The van der Waals surface area contributed by atoms with Crippen LogP contribution in [0.5, 0.6) is 0 Å². The van der Waals surface area contributed by atoms with Crippen molar-refractivity contribution in [2.75, 3.05) is 0 Å². The van der Waals surface area contributed by atoms with Crippen LogP contribution < -0.4 is 0 Å². The third-order valence-corrected chi connectivity index (χ3v) is 9.13. The largest absolute Gasteiger partial charge is 0.307 e. The Morgan fingerprint density at radius 3 is 1.65 bits per heavy atom. The summed E-state index contributed by atoms with van der Waals surface area (Å²) in [5, 5.41) is 5.47. The van der Waals surface area contributed by atoms with Gasteiger partial charge in [-0.2, -0.15) is 0 Å². The highest BCUT2D eigenvalue weighted by Gasteiger charge is 2.25. The predicted octanol–water partition coefficient (Wildman–Crippen LogP) is 9.34. The Morgan fingerprint density at radius 2 is 1.00 bits per heavy atom. The van der Waals surface area contributed by atoms with E-state index in [2.05, 4.69) is 105 Å². The third kappa shape index (κ3) is 3.85. The number of pyridine rings is 3.